The van der Waals surface area contributed by atoms with Crippen LogP contribution in [0.15, 0.2) is 4.79 Å². The normalized spacial score (nSPS) is 24.6. The topological polar surface area (TPSA) is 93.7 Å². The fourth-order valence-electron chi connectivity index (χ4n) is 2.56. The molecule has 3 N–H and O–H groups in total. The van der Waals surface area contributed by atoms with Gasteiger partial charge in [0.2, 0.25) is 5.95 Å². The number of H-pyrrole nitrogens is 1. The molecule has 8 nitrogen and oxygen atoms in total. The van der Waals surface area contributed by atoms with E-state index in [1.54, 1.807) is 4.90 Å². The molecule has 20 heavy (non-hydrogen) atoms. The van der Waals surface area contributed by atoms with E-state index in [4.69, 9.17) is 9.84 Å². The predicted octanol–water partition coefficient (Wildman–Crippen LogP) is -0.477. The van der Waals surface area contributed by atoms with Gasteiger partial charge in [-0.25, -0.2) is 0 Å². The summed E-state index contributed by atoms with van der Waals surface area (Å²) in [6.07, 6.45) is 1.36. The van der Waals surface area contributed by atoms with E-state index in [0.717, 1.165) is 12.8 Å². The van der Waals surface area contributed by atoms with Gasteiger partial charge in [-0.05, 0) is 12.8 Å². The second kappa shape index (κ2) is 4.95. The van der Waals surface area contributed by atoms with Crippen LogP contribution in [0.25, 0.3) is 0 Å². The van der Waals surface area contributed by atoms with Gasteiger partial charge in [0.05, 0.1) is 19.4 Å². The van der Waals surface area contributed by atoms with Crippen molar-refractivity contribution in [1.82, 2.24) is 9.97 Å². The molecule has 2 atom stereocenters. The van der Waals surface area contributed by atoms with Gasteiger partial charge in [-0.1, -0.05) is 0 Å². The molecule has 1 fully saturated rings. The van der Waals surface area contributed by atoms with E-state index in [1.807, 2.05) is 19.0 Å². The Morgan fingerprint density at radius 1 is 1.50 bits per heavy atom. The lowest BCUT2D eigenvalue weighted by Crippen LogP contribution is -2.36. The summed E-state index contributed by atoms with van der Waals surface area (Å²) in [5.74, 6) is 1.13. The number of nitrogens with zero attached hydrogens (tertiary/aromatic N) is 3. The first-order chi connectivity index (χ1) is 9.60. The number of hydrogen-bond donors (Lipinski definition) is 3. The molecule has 0 saturated carbocycles. The van der Waals surface area contributed by atoms with E-state index >= 15 is 0 Å². The van der Waals surface area contributed by atoms with Gasteiger partial charge in [0.25, 0.3) is 5.56 Å². The number of rotatable bonds is 3. The molecule has 3 rings (SSSR count). The second-order valence-electron chi connectivity index (χ2n) is 5.26. The van der Waals surface area contributed by atoms with Crippen LogP contribution in [0.1, 0.15) is 12.8 Å². The summed E-state index contributed by atoms with van der Waals surface area (Å²) in [4.78, 5) is 22.9. The Hall–Kier alpha value is -1.80. The fourth-order valence-corrected chi connectivity index (χ4v) is 2.56. The maximum Gasteiger partial charge on any atom is 0.277 e. The zero-order chi connectivity index (χ0) is 14.3. The van der Waals surface area contributed by atoms with Crippen molar-refractivity contribution in [2.75, 3.05) is 42.5 Å². The largest absolute Gasteiger partial charge is 0.394 e. The predicted molar refractivity (Wildman–Crippen MR) is 75.1 cm³/mol. The van der Waals surface area contributed by atoms with Crippen molar-refractivity contribution in [1.29, 1.82) is 0 Å². The molecule has 2 aliphatic rings. The third-order valence-corrected chi connectivity index (χ3v) is 3.65. The molecule has 1 saturated heterocycles. The average Bonchev–Trinajstić information content (AvgIpc) is 3.03. The highest BCUT2D eigenvalue weighted by Crippen LogP contribution is 2.33. The van der Waals surface area contributed by atoms with Crippen molar-refractivity contribution in [2.24, 2.45) is 0 Å². The SMILES string of the molecule is CN(C)c1nc2c(c(=O)[nH]1)NCN2C1CCC(CO)O1. The van der Waals surface area contributed by atoms with Gasteiger partial charge >= 0.3 is 0 Å². The number of aliphatic hydroxyl groups is 1. The van der Waals surface area contributed by atoms with Crippen molar-refractivity contribution in [3.05, 3.63) is 10.4 Å². The lowest BCUT2D eigenvalue weighted by atomic mass is 10.2. The molecule has 0 aromatic carbocycles. The molecule has 1 aromatic rings. The maximum absolute atomic E-state index is 12.0. The monoisotopic (exact) mass is 281 g/mol. The minimum atomic E-state index is -0.182. The molecule has 1 aromatic heterocycles. The number of hydrogen-bond acceptors (Lipinski definition) is 7. The van der Waals surface area contributed by atoms with Crippen molar-refractivity contribution in [3.63, 3.8) is 0 Å². The number of aromatic amines is 1. The molecule has 3 heterocycles. The molecule has 2 unspecified atom stereocenters. The van der Waals surface area contributed by atoms with Gasteiger partial charge in [0, 0.05) is 14.1 Å². The molecule has 0 radical (unpaired) electrons. The van der Waals surface area contributed by atoms with Crippen LogP contribution in [0.3, 0.4) is 0 Å². The summed E-state index contributed by atoms with van der Waals surface area (Å²) in [5.41, 5.74) is 0.296. The molecule has 110 valence electrons. The fraction of sp³-hybridized carbons (Fsp3) is 0.667. The van der Waals surface area contributed by atoms with E-state index in [9.17, 15) is 4.79 Å². The van der Waals surface area contributed by atoms with Crippen LogP contribution < -0.4 is 20.7 Å². The average molecular weight is 281 g/mol. The highest BCUT2D eigenvalue weighted by molar-refractivity contribution is 5.71. The van der Waals surface area contributed by atoms with Gasteiger partial charge in [0.15, 0.2) is 5.82 Å². The molecule has 0 aliphatic carbocycles. The Morgan fingerprint density at radius 3 is 2.95 bits per heavy atom. The van der Waals surface area contributed by atoms with Crippen LogP contribution >= 0.6 is 0 Å². The smallest absolute Gasteiger partial charge is 0.277 e. The number of aromatic nitrogens is 2. The first-order valence-electron chi connectivity index (χ1n) is 6.68. The Kier molecular flexibility index (Phi) is 3.27. The third-order valence-electron chi connectivity index (χ3n) is 3.65. The molecule has 0 amide bonds. The van der Waals surface area contributed by atoms with Gasteiger partial charge < -0.3 is 25.0 Å². The zero-order valence-corrected chi connectivity index (χ0v) is 11.6. The summed E-state index contributed by atoms with van der Waals surface area (Å²) < 4.78 is 5.76. The molecule has 0 spiro atoms. The van der Waals surface area contributed by atoms with E-state index < -0.39 is 0 Å². The van der Waals surface area contributed by atoms with Crippen LogP contribution in [-0.4, -0.2) is 54.8 Å². The quantitative estimate of drug-likeness (QED) is 0.689. The van der Waals surface area contributed by atoms with Crippen LogP contribution in [0.5, 0.6) is 0 Å². The number of anilines is 3. The number of fused-ring (bicyclic) bond motifs is 1. The summed E-state index contributed by atoms with van der Waals surface area (Å²) in [6.45, 7) is 0.515. The van der Waals surface area contributed by atoms with Gasteiger partial charge in [-0.3, -0.25) is 9.78 Å². The van der Waals surface area contributed by atoms with Crippen LogP contribution in [0.2, 0.25) is 0 Å². The van der Waals surface area contributed by atoms with Crippen molar-refractivity contribution in [3.8, 4) is 0 Å². The highest BCUT2D eigenvalue weighted by atomic mass is 16.5. The first kappa shape index (κ1) is 13.2. The molecular formula is C12H19N5O3. The minimum Gasteiger partial charge on any atom is -0.394 e. The van der Waals surface area contributed by atoms with Gasteiger partial charge in [-0.2, -0.15) is 4.98 Å². The lowest BCUT2D eigenvalue weighted by molar-refractivity contribution is 0.0115. The van der Waals surface area contributed by atoms with Crippen LogP contribution in [0, 0.1) is 0 Å². The molecular weight excluding hydrogens is 262 g/mol. The van der Waals surface area contributed by atoms with Gasteiger partial charge in [-0.15, -0.1) is 0 Å². The molecule has 2 aliphatic heterocycles. The molecule has 8 heteroatoms. The second-order valence-corrected chi connectivity index (χ2v) is 5.26. The number of nitrogens with one attached hydrogen (secondary N) is 2. The summed E-state index contributed by atoms with van der Waals surface area (Å²) in [7, 11) is 3.65. The van der Waals surface area contributed by atoms with Crippen molar-refractivity contribution < 1.29 is 9.84 Å². The summed E-state index contributed by atoms with van der Waals surface area (Å²) >= 11 is 0. The van der Waals surface area contributed by atoms with Crippen molar-refractivity contribution >= 4 is 17.5 Å². The minimum absolute atomic E-state index is 0.0242. The Bertz CT molecular complexity index is 559. The Labute approximate surface area is 116 Å². The number of aliphatic hydroxyl groups excluding tert-OH is 1. The maximum atomic E-state index is 12.0. The lowest BCUT2D eigenvalue weighted by Gasteiger charge is -2.25. The van der Waals surface area contributed by atoms with E-state index in [0.29, 0.717) is 24.1 Å². The van der Waals surface area contributed by atoms with E-state index in [2.05, 4.69) is 15.3 Å². The molecule has 0 bridgehead atoms. The standard InChI is InChI=1S/C12H19N5O3/c1-16(2)12-14-10-9(11(19)15-12)13-6-17(10)8-4-3-7(5-18)20-8/h7-8,13,18H,3-6H2,1-2H3,(H,14,15,19). The van der Waals surface area contributed by atoms with Gasteiger partial charge in [0.1, 0.15) is 11.9 Å². The Morgan fingerprint density at radius 2 is 2.30 bits per heavy atom. The highest BCUT2D eigenvalue weighted by Gasteiger charge is 2.35. The third kappa shape index (κ3) is 2.10. The van der Waals surface area contributed by atoms with Crippen LogP contribution in [0.4, 0.5) is 17.5 Å². The first-order valence-corrected chi connectivity index (χ1v) is 6.68. The van der Waals surface area contributed by atoms with Crippen molar-refractivity contribution in [2.45, 2.75) is 25.2 Å². The number of ether oxygens (including phenoxy) is 1. The summed E-state index contributed by atoms with van der Waals surface area (Å²) in [5, 5.41) is 12.2. The van der Waals surface area contributed by atoms with Crippen LogP contribution in [-0.2, 0) is 4.74 Å². The summed E-state index contributed by atoms with van der Waals surface area (Å²) in [6, 6.07) is 0. The zero-order valence-electron chi connectivity index (χ0n) is 11.6. The van der Waals surface area contributed by atoms with E-state index in [1.165, 1.54) is 0 Å². The van der Waals surface area contributed by atoms with E-state index in [-0.39, 0.29) is 24.5 Å². The Balaban J connectivity index is 1.91.